The second-order valence-electron chi connectivity index (χ2n) is 4.03. The largest absolute Gasteiger partial charge is 0.379 e. The van der Waals surface area contributed by atoms with Crippen LogP contribution < -0.4 is 0 Å². The maximum absolute atomic E-state index is 5.85. The standard InChI is InChI=1S/C15H19ClOS/c1-4-12(2)18-15(11-17-3)10-7-13-5-8-14(16)9-6-13/h5-9,12H,4,11H2,1-3H3. The summed E-state index contributed by atoms with van der Waals surface area (Å²) in [5.41, 5.74) is 4.40. The summed E-state index contributed by atoms with van der Waals surface area (Å²) in [4.78, 5) is 1.13. The third-order valence-electron chi connectivity index (χ3n) is 2.46. The summed E-state index contributed by atoms with van der Waals surface area (Å²) in [6, 6.07) is 7.72. The van der Waals surface area contributed by atoms with Crippen LogP contribution in [-0.4, -0.2) is 19.0 Å². The van der Waals surface area contributed by atoms with Crippen molar-refractivity contribution < 1.29 is 4.74 Å². The molecule has 1 unspecified atom stereocenters. The van der Waals surface area contributed by atoms with Crippen LogP contribution in [0.4, 0.5) is 0 Å². The molecule has 0 aromatic heterocycles. The number of benzene rings is 1. The van der Waals surface area contributed by atoms with E-state index >= 15 is 0 Å². The van der Waals surface area contributed by atoms with E-state index in [1.165, 1.54) is 0 Å². The number of rotatable bonds is 6. The van der Waals surface area contributed by atoms with Crippen molar-refractivity contribution >= 4 is 29.4 Å². The van der Waals surface area contributed by atoms with Crippen molar-refractivity contribution in [2.45, 2.75) is 25.5 Å². The molecule has 3 heteroatoms. The normalized spacial score (nSPS) is 11.8. The van der Waals surface area contributed by atoms with E-state index in [2.05, 4.69) is 19.6 Å². The van der Waals surface area contributed by atoms with Gasteiger partial charge >= 0.3 is 0 Å². The van der Waals surface area contributed by atoms with Crippen LogP contribution in [-0.2, 0) is 4.74 Å². The van der Waals surface area contributed by atoms with Gasteiger partial charge in [0.1, 0.15) is 0 Å². The van der Waals surface area contributed by atoms with Gasteiger partial charge in [0.15, 0.2) is 0 Å². The first-order valence-corrected chi connectivity index (χ1v) is 7.28. The van der Waals surface area contributed by atoms with E-state index in [4.69, 9.17) is 16.3 Å². The minimum atomic E-state index is 0.585. The molecule has 1 aromatic carbocycles. The van der Waals surface area contributed by atoms with Gasteiger partial charge in [-0.05, 0) is 30.2 Å². The molecule has 0 bridgehead atoms. The Morgan fingerprint density at radius 2 is 2.11 bits per heavy atom. The molecule has 0 saturated carbocycles. The third-order valence-corrected chi connectivity index (χ3v) is 3.97. The van der Waals surface area contributed by atoms with E-state index in [0.717, 1.165) is 21.9 Å². The second-order valence-corrected chi connectivity index (χ2v) is 6.00. The highest BCUT2D eigenvalue weighted by atomic mass is 35.5. The van der Waals surface area contributed by atoms with Gasteiger partial charge in [-0.15, -0.1) is 17.5 Å². The fourth-order valence-corrected chi connectivity index (χ4v) is 2.38. The van der Waals surface area contributed by atoms with Gasteiger partial charge in [-0.1, -0.05) is 37.6 Å². The highest BCUT2D eigenvalue weighted by Crippen LogP contribution is 2.23. The maximum Gasteiger partial charge on any atom is 0.0844 e. The number of hydrogen-bond donors (Lipinski definition) is 0. The smallest absolute Gasteiger partial charge is 0.0844 e. The van der Waals surface area contributed by atoms with Crippen LogP contribution in [0.3, 0.4) is 0 Å². The van der Waals surface area contributed by atoms with E-state index in [1.807, 2.05) is 42.1 Å². The molecule has 1 aromatic rings. The molecule has 1 rings (SSSR count). The van der Waals surface area contributed by atoms with Crippen molar-refractivity contribution in [1.82, 2.24) is 0 Å². The molecule has 98 valence electrons. The van der Waals surface area contributed by atoms with Gasteiger partial charge in [-0.25, -0.2) is 0 Å². The van der Waals surface area contributed by atoms with Crippen LogP contribution in [0, 0.1) is 0 Å². The number of halogens is 1. The summed E-state index contributed by atoms with van der Waals surface area (Å²) in [6.45, 7) is 5.01. The Morgan fingerprint density at radius 1 is 1.44 bits per heavy atom. The minimum absolute atomic E-state index is 0.585. The van der Waals surface area contributed by atoms with Crippen molar-refractivity contribution in [3.63, 3.8) is 0 Å². The molecule has 1 nitrogen and oxygen atoms in total. The zero-order chi connectivity index (χ0) is 13.4. The Morgan fingerprint density at radius 3 is 2.67 bits per heavy atom. The van der Waals surface area contributed by atoms with Crippen molar-refractivity contribution in [1.29, 1.82) is 0 Å². The van der Waals surface area contributed by atoms with Crippen LogP contribution in [0.1, 0.15) is 25.8 Å². The number of methoxy groups -OCH3 is 1. The second kappa shape index (κ2) is 8.44. The minimum Gasteiger partial charge on any atom is -0.379 e. The molecule has 0 N–H and O–H groups in total. The number of thioether (sulfide) groups is 1. The van der Waals surface area contributed by atoms with Crippen molar-refractivity contribution in [2.24, 2.45) is 0 Å². The van der Waals surface area contributed by atoms with Crippen LogP contribution >= 0.6 is 23.4 Å². The summed E-state index contributed by atoms with van der Waals surface area (Å²) in [5.74, 6) is 0. The SMILES string of the molecule is CCC(C)SC(=C=Cc1ccc(Cl)cc1)COC. The first-order chi connectivity index (χ1) is 8.65. The third kappa shape index (κ3) is 5.79. The Balaban J connectivity index is 2.82. The van der Waals surface area contributed by atoms with E-state index in [9.17, 15) is 0 Å². The molecular weight excluding hydrogens is 264 g/mol. The lowest BCUT2D eigenvalue weighted by Gasteiger charge is -2.08. The highest BCUT2D eigenvalue weighted by Gasteiger charge is 2.03. The van der Waals surface area contributed by atoms with Crippen molar-refractivity contribution in [3.05, 3.63) is 45.5 Å². The van der Waals surface area contributed by atoms with Gasteiger partial charge in [-0.3, -0.25) is 0 Å². The van der Waals surface area contributed by atoms with Crippen molar-refractivity contribution in [3.8, 4) is 0 Å². The Kier molecular flexibility index (Phi) is 7.22. The molecule has 0 aliphatic carbocycles. The number of ether oxygens (including phenoxy) is 1. The zero-order valence-corrected chi connectivity index (χ0v) is 12.6. The van der Waals surface area contributed by atoms with Crippen LogP contribution in [0.2, 0.25) is 5.02 Å². The first-order valence-electron chi connectivity index (χ1n) is 6.02. The fourth-order valence-electron chi connectivity index (χ4n) is 1.29. The van der Waals surface area contributed by atoms with E-state index in [0.29, 0.717) is 11.9 Å². The molecular formula is C15H19ClOS. The quantitative estimate of drug-likeness (QED) is 0.678. The van der Waals surface area contributed by atoms with Crippen LogP contribution in [0.25, 0.3) is 6.08 Å². The van der Waals surface area contributed by atoms with Gasteiger partial charge in [0.2, 0.25) is 0 Å². The number of hydrogen-bond acceptors (Lipinski definition) is 2. The van der Waals surface area contributed by atoms with E-state index < -0.39 is 0 Å². The molecule has 0 fully saturated rings. The molecule has 0 spiro atoms. The summed E-state index contributed by atoms with van der Waals surface area (Å²) in [6.07, 6.45) is 3.11. The van der Waals surface area contributed by atoms with Gasteiger partial charge in [-0.2, -0.15) is 0 Å². The summed E-state index contributed by atoms with van der Waals surface area (Å²) < 4.78 is 5.20. The molecule has 0 radical (unpaired) electrons. The van der Waals surface area contributed by atoms with Gasteiger partial charge in [0.25, 0.3) is 0 Å². The monoisotopic (exact) mass is 282 g/mol. The summed E-state index contributed by atoms with van der Waals surface area (Å²) in [5, 5.41) is 1.34. The molecule has 0 aliphatic heterocycles. The average molecular weight is 283 g/mol. The Hall–Kier alpha value is -0.660. The zero-order valence-electron chi connectivity index (χ0n) is 11.1. The van der Waals surface area contributed by atoms with Gasteiger partial charge in [0, 0.05) is 17.4 Å². The van der Waals surface area contributed by atoms with Crippen LogP contribution in [0.15, 0.2) is 34.9 Å². The predicted octanol–water partition coefficient (Wildman–Crippen LogP) is 5.01. The van der Waals surface area contributed by atoms with Gasteiger partial charge in [0.05, 0.1) is 11.5 Å². The molecule has 0 saturated heterocycles. The van der Waals surface area contributed by atoms with E-state index in [-0.39, 0.29) is 0 Å². The van der Waals surface area contributed by atoms with Crippen molar-refractivity contribution in [2.75, 3.05) is 13.7 Å². The van der Waals surface area contributed by atoms with E-state index in [1.54, 1.807) is 7.11 Å². The predicted molar refractivity (Wildman–Crippen MR) is 82.2 cm³/mol. The summed E-state index contributed by atoms with van der Waals surface area (Å²) in [7, 11) is 1.71. The molecule has 0 aliphatic rings. The van der Waals surface area contributed by atoms with Crippen LogP contribution in [0.5, 0.6) is 0 Å². The average Bonchev–Trinajstić information content (AvgIpc) is 2.38. The lowest BCUT2D eigenvalue weighted by molar-refractivity contribution is 0.231. The summed E-state index contributed by atoms with van der Waals surface area (Å²) >= 11 is 7.66. The first kappa shape index (κ1) is 15.4. The fraction of sp³-hybridized carbons (Fsp3) is 0.400. The Bertz CT molecular complexity index is 419. The Labute approximate surface area is 119 Å². The molecule has 0 heterocycles. The molecule has 0 amide bonds. The molecule has 18 heavy (non-hydrogen) atoms. The lowest BCUT2D eigenvalue weighted by Crippen LogP contribution is -1.97. The topological polar surface area (TPSA) is 9.23 Å². The maximum atomic E-state index is 5.85. The molecule has 1 atom stereocenters. The van der Waals surface area contributed by atoms with Gasteiger partial charge < -0.3 is 4.74 Å². The highest BCUT2D eigenvalue weighted by molar-refractivity contribution is 8.03. The lowest BCUT2D eigenvalue weighted by atomic mass is 10.2.